The summed E-state index contributed by atoms with van der Waals surface area (Å²) in [5.74, 6) is 0. The lowest BCUT2D eigenvalue weighted by Gasteiger charge is -2.11. The van der Waals surface area contributed by atoms with Crippen molar-refractivity contribution in [1.29, 1.82) is 0 Å². The molecule has 8 heteroatoms. The first kappa shape index (κ1) is 15.4. The molecule has 0 atom stereocenters. The average Bonchev–Trinajstić information content (AvgIpc) is 2.90. The van der Waals surface area contributed by atoms with E-state index in [1.165, 1.54) is 0 Å². The molecule has 108 valence electrons. The molecule has 2 N–H and O–H groups in total. The van der Waals surface area contributed by atoms with Crippen molar-refractivity contribution in [2.75, 3.05) is 25.1 Å². The molecule has 0 unspecified atom stereocenters. The van der Waals surface area contributed by atoms with E-state index in [2.05, 4.69) is 19.4 Å². The van der Waals surface area contributed by atoms with Gasteiger partial charge >= 0.3 is 0 Å². The Morgan fingerprint density at radius 2 is 2.30 bits per heavy atom. The van der Waals surface area contributed by atoms with Gasteiger partial charge in [-0.2, -0.15) is 8.75 Å². The van der Waals surface area contributed by atoms with Gasteiger partial charge in [0.15, 0.2) is 5.11 Å². The van der Waals surface area contributed by atoms with E-state index in [9.17, 15) is 0 Å². The lowest BCUT2D eigenvalue weighted by Crippen LogP contribution is -2.30. The number of nitrogens with zero attached hydrogens (tertiary/aromatic N) is 2. The highest BCUT2D eigenvalue weighted by atomic mass is 35.5. The maximum absolute atomic E-state index is 6.17. The van der Waals surface area contributed by atoms with Crippen LogP contribution in [0.4, 0.5) is 5.69 Å². The van der Waals surface area contributed by atoms with Gasteiger partial charge in [0.1, 0.15) is 11.0 Å². The monoisotopic (exact) mass is 330 g/mol. The zero-order valence-electron chi connectivity index (χ0n) is 11.0. The highest BCUT2D eigenvalue weighted by Gasteiger charge is 2.10. The molecule has 0 bridgehead atoms. The lowest BCUT2D eigenvalue weighted by atomic mass is 10.2. The second kappa shape index (κ2) is 7.68. The van der Waals surface area contributed by atoms with Crippen molar-refractivity contribution in [2.24, 2.45) is 0 Å². The SMILES string of the molecule is CCOCCCNC(=S)Nc1c(Cl)ccc2nsnc12. The van der Waals surface area contributed by atoms with Gasteiger partial charge in [-0.25, -0.2) is 0 Å². The third-order valence-corrected chi connectivity index (χ3v) is 3.67. The Hall–Kier alpha value is -1.02. The van der Waals surface area contributed by atoms with Crippen molar-refractivity contribution >= 4 is 57.4 Å². The van der Waals surface area contributed by atoms with Crippen LogP contribution in [0.15, 0.2) is 12.1 Å². The van der Waals surface area contributed by atoms with E-state index in [-0.39, 0.29) is 0 Å². The number of fused-ring (bicyclic) bond motifs is 1. The average molecular weight is 331 g/mol. The minimum absolute atomic E-state index is 0.517. The molecule has 0 spiro atoms. The van der Waals surface area contributed by atoms with Crippen LogP contribution in [-0.2, 0) is 4.74 Å². The summed E-state index contributed by atoms with van der Waals surface area (Å²) in [6.45, 7) is 4.18. The summed E-state index contributed by atoms with van der Waals surface area (Å²) in [4.78, 5) is 0. The summed E-state index contributed by atoms with van der Waals surface area (Å²) in [5, 5.41) is 7.28. The predicted molar refractivity (Wildman–Crippen MR) is 87.8 cm³/mol. The van der Waals surface area contributed by atoms with Crippen LogP contribution < -0.4 is 10.6 Å². The van der Waals surface area contributed by atoms with Crippen molar-refractivity contribution in [1.82, 2.24) is 14.1 Å². The van der Waals surface area contributed by atoms with E-state index >= 15 is 0 Å². The summed E-state index contributed by atoms with van der Waals surface area (Å²) in [5.41, 5.74) is 2.24. The summed E-state index contributed by atoms with van der Waals surface area (Å²) < 4.78 is 13.7. The number of anilines is 1. The molecule has 0 aliphatic rings. The maximum Gasteiger partial charge on any atom is 0.170 e. The van der Waals surface area contributed by atoms with Crippen molar-refractivity contribution in [3.63, 3.8) is 0 Å². The van der Waals surface area contributed by atoms with Crippen LogP contribution in [0.2, 0.25) is 5.02 Å². The zero-order valence-corrected chi connectivity index (χ0v) is 13.4. The number of rotatable bonds is 6. The van der Waals surface area contributed by atoms with Crippen LogP contribution in [-0.4, -0.2) is 33.6 Å². The van der Waals surface area contributed by atoms with Crippen LogP contribution in [0.25, 0.3) is 11.0 Å². The van der Waals surface area contributed by atoms with E-state index < -0.39 is 0 Å². The standard InChI is InChI=1S/C12H15ClN4OS2/c1-2-18-7-3-6-14-12(19)15-10-8(13)4-5-9-11(10)17-20-16-9/h4-5H,2-3,6-7H2,1H3,(H2,14,15,19). The molecule has 0 aliphatic heterocycles. The molecule has 0 fully saturated rings. The minimum atomic E-state index is 0.517. The maximum atomic E-state index is 6.17. The quantitative estimate of drug-likeness (QED) is 0.627. The predicted octanol–water partition coefficient (Wildman–Crippen LogP) is 3.06. The summed E-state index contributed by atoms with van der Waals surface area (Å²) in [6.07, 6.45) is 0.895. The molecule has 1 heterocycles. The van der Waals surface area contributed by atoms with Crippen LogP contribution in [0, 0.1) is 0 Å². The Morgan fingerprint density at radius 3 is 3.10 bits per heavy atom. The minimum Gasteiger partial charge on any atom is -0.382 e. The van der Waals surface area contributed by atoms with E-state index in [0.29, 0.717) is 15.8 Å². The first-order valence-corrected chi connectivity index (χ1v) is 7.77. The normalized spacial score (nSPS) is 10.7. The summed E-state index contributed by atoms with van der Waals surface area (Å²) >= 11 is 12.6. The third kappa shape index (κ3) is 3.99. The van der Waals surface area contributed by atoms with Gasteiger partial charge in [0.2, 0.25) is 0 Å². The Kier molecular flexibility index (Phi) is 5.90. The van der Waals surface area contributed by atoms with Gasteiger partial charge in [-0.3, -0.25) is 0 Å². The molecule has 0 saturated carbocycles. The van der Waals surface area contributed by atoms with Crippen molar-refractivity contribution in [3.05, 3.63) is 17.2 Å². The number of hydrogen-bond donors (Lipinski definition) is 2. The molecule has 0 radical (unpaired) electrons. The van der Waals surface area contributed by atoms with Gasteiger partial charge in [0.05, 0.1) is 22.4 Å². The summed E-state index contributed by atoms with van der Waals surface area (Å²) in [6, 6.07) is 3.62. The van der Waals surface area contributed by atoms with Crippen LogP contribution in [0.3, 0.4) is 0 Å². The van der Waals surface area contributed by atoms with Gasteiger partial charge in [0.25, 0.3) is 0 Å². The molecule has 1 aromatic carbocycles. The second-order valence-corrected chi connectivity index (χ2v) is 5.33. The highest BCUT2D eigenvalue weighted by molar-refractivity contribution is 7.80. The van der Waals surface area contributed by atoms with Gasteiger partial charge in [0, 0.05) is 19.8 Å². The topological polar surface area (TPSA) is 59.1 Å². The molecule has 0 amide bonds. The number of ether oxygens (including phenoxy) is 1. The number of benzene rings is 1. The van der Waals surface area contributed by atoms with Crippen molar-refractivity contribution in [2.45, 2.75) is 13.3 Å². The van der Waals surface area contributed by atoms with Crippen LogP contribution in [0.1, 0.15) is 13.3 Å². The Balaban J connectivity index is 1.92. The van der Waals surface area contributed by atoms with Gasteiger partial charge in [-0.15, -0.1) is 0 Å². The first-order valence-electron chi connectivity index (χ1n) is 6.25. The lowest BCUT2D eigenvalue weighted by molar-refractivity contribution is 0.146. The van der Waals surface area contributed by atoms with E-state index in [4.69, 9.17) is 28.6 Å². The van der Waals surface area contributed by atoms with Crippen molar-refractivity contribution in [3.8, 4) is 0 Å². The molecule has 20 heavy (non-hydrogen) atoms. The molecule has 2 rings (SSSR count). The van der Waals surface area contributed by atoms with Crippen LogP contribution >= 0.6 is 35.5 Å². The molecular formula is C12H15ClN4OS2. The molecule has 0 aliphatic carbocycles. The van der Waals surface area contributed by atoms with Gasteiger partial charge < -0.3 is 15.4 Å². The third-order valence-electron chi connectivity index (χ3n) is 2.57. The largest absolute Gasteiger partial charge is 0.382 e. The van der Waals surface area contributed by atoms with Crippen molar-refractivity contribution < 1.29 is 4.74 Å². The highest BCUT2D eigenvalue weighted by Crippen LogP contribution is 2.29. The second-order valence-electron chi connectivity index (χ2n) is 3.99. The number of aromatic nitrogens is 2. The Labute approximate surface area is 132 Å². The molecular weight excluding hydrogens is 316 g/mol. The molecule has 1 aromatic heterocycles. The molecule has 5 nitrogen and oxygen atoms in total. The fourth-order valence-corrected chi connectivity index (χ4v) is 2.57. The van der Waals surface area contributed by atoms with Crippen LogP contribution in [0.5, 0.6) is 0 Å². The summed E-state index contributed by atoms with van der Waals surface area (Å²) in [7, 11) is 0. The smallest absolute Gasteiger partial charge is 0.170 e. The zero-order chi connectivity index (χ0) is 14.4. The van der Waals surface area contributed by atoms with E-state index in [1.54, 1.807) is 6.07 Å². The van der Waals surface area contributed by atoms with Gasteiger partial charge in [-0.05, 0) is 37.7 Å². The molecule has 0 saturated heterocycles. The Bertz CT molecular complexity index is 590. The van der Waals surface area contributed by atoms with E-state index in [0.717, 1.165) is 48.9 Å². The van der Waals surface area contributed by atoms with E-state index in [1.807, 2.05) is 13.0 Å². The fourth-order valence-electron chi connectivity index (χ4n) is 1.62. The number of thiocarbonyl (C=S) groups is 1. The Morgan fingerprint density at radius 1 is 1.45 bits per heavy atom. The van der Waals surface area contributed by atoms with Gasteiger partial charge in [-0.1, -0.05) is 11.6 Å². The number of hydrogen-bond acceptors (Lipinski definition) is 5. The number of halogens is 1. The first-order chi connectivity index (χ1) is 9.72. The molecule has 2 aromatic rings. The number of nitrogens with one attached hydrogen (secondary N) is 2. The fraction of sp³-hybridized carbons (Fsp3) is 0.417.